The predicted octanol–water partition coefficient (Wildman–Crippen LogP) is 2.78. The number of thiophene rings is 1. The first kappa shape index (κ1) is 16.7. The molecule has 20 heavy (non-hydrogen) atoms. The van der Waals surface area contributed by atoms with Crippen LogP contribution in [-0.2, 0) is 0 Å². The number of amides is 1. The lowest BCUT2D eigenvalue weighted by Crippen LogP contribution is -2.36. The second kappa shape index (κ2) is 6.92. The van der Waals surface area contributed by atoms with Crippen molar-refractivity contribution < 1.29 is 4.79 Å². The summed E-state index contributed by atoms with van der Waals surface area (Å²) in [6.45, 7) is 11.6. The normalized spacial score (nSPS) is 11.2. The van der Waals surface area contributed by atoms with Gasteiger partial charge in [-0.2, -0.15) is 0 Å². The summed E-state index contributed by atoms with van der Waals surface area (Å²) >= 11 is 1.43. The zero-order valence-corrected chi connectivity index (χ0v) is 13.8. The van der Waals surface area contributed by atoms with Crippen molar-refractivity contribution in [2.75, 3.05) is 13.1 Å². The SMILES string of the molecule is Cc1cc(C(=O)NCC(C)(C)C(C)C)sc1C#CCN. The second-order valence-electron chi connectivity index (χ2n) is 5.95. The van der Waals surface area contributed by atoms with Crippen molar-refractivity contribution in [1.82, 2.24) is 5.32 Å². The van der Waals surface area contributed by atoms with Gasteiger partial charge in [-0.1, -0.05) is 39.5 Å². The summed E-state index contributed by atoms with van der Waals surface area (Å²) < 4.78 is 0. The summed E-state index contributed by atoms with van der Waals surface area (Å²) in [5, 5.41) is 3.02. The third-order valence-electron chi connectivity index (χ3n) is 3.71. The van der Waals surface area contributed by atoms with Crippen molar-refractivity contribution in [2.24, 2.45) is 17.1 Å². The van der Waals surface area contributed by atoms with Gasteiger partial charge in [0.25, 0.3) is 5.91 Å². The number of rotatable bonds is 4. The van der Waals surface area contributed by atoms with Gasteiger partial charge in [0, 0.05) is 6.54 Å². The Kier molecular flexibility index (Phi) is 5.79. The maximum atomic E-state index is 12.2. The zero-order valence-electron chi connectivity index (χ0n) is 13.0. The van der Waals surface area contributed by atoms with Gasteiger partial charge >= 0.3 is 0 Å². The molecule has 0 aliphatic rings. The Balaban J connectivity index is 2.74. The summed E-state index contributed by atoms with van der Waals surface area (Å²) in [5.74, 6) is 6.32. The van der Waals surface area contributed by atoms with Gasteiger partial charge in [0.1, 0.15) is 0 Å². The average molecular weight is 292 g/mol. The quantitative estimate of drug-likeness (QED) is 0.838. The third kappa shape index (κ3) is 4.36. The van der Waals surface area contributed by atoms with Crippen molar-refractivity contribution in [1.29, 1.82) is 0 Å². The van der Waals surface area contributed by atoms with Gasteiger partial charge in [-0.3, -0.25) is 4.79 Å². The summed E-state index contributed by atoms with van der Waals surface area (Å²) in [6.07, 6.45) is 0. The van der Waals surface area contributed by atoms with Crippen LogP contribution in [0.15, 0.2) is 6.07 Å². The fraction of sp³-hybridized carbons (Fsp3) is 0.562. The van der Waals surface area contributed by atoms with Crippen molar-refractivity contribution in [3.63, 3.8) is 0 Å². The maximum absolute atomic E-state index is 12.2. The van der Waals surface area contributed by atoms with Gasteiger partial charge in [0.05, 0.1) is 16.3 Å². The molecule has 0 aliphatic carbocycles. The molecule has 0 saturated heterocycles. The smallest absolute Gasteiger partial charge is 0.261 e. The van der Waals surface area contributed by atoms with E-state index in [0.29, 0.717) is 23.9 Å². The van der Waals surface area contributed by atoms with Crippen LogP contribution in [0, 0.1) is 30.1 Å². The van der Waals surface area contributed by atoms with Crippen molar-refractivity contribution in [3.8, 4) is 11.8 Å². The minimum atomic E-state index is -0.0207. The van der Waals surface area contributed by atoms with Crippen molar-refractivity contribution in [3.05, 3.63) is 21.4 Å². The number of hydrogen-bond donors (Lipinski definition) is 2. The molecule has 0 radical (unpaired) electrons. The molecule has 110 valence electrons. The van der Waals surface area contributed by atoms with Crippen LogP contribution >= 0.6 is 11.3 Å². The van der Waals surface area contributed by atoms with Crippen LogP contribution in [0.4, 0.5) is 0 Å². The van der Waals surface area contributed by atoms with Crippen LogP contribution in [-0.4, -0.2) is 19.0 Å². The Morgan fingerprint density at radius 2 is 2.15 bits per heavy atom. The Hall–Kier alpha value is -1.31. The highest BCUT2D eigenvalue weighted by atomic mass is 32.1. The van der Waals surface area contributed by atoms with E-state index < -0.39 is 0 Å². The van der Waals surface area contributed by atoms with E-state index in [4.69, 9.17) is 5.73 Å². The molecule has 4 heteroatoms. The van der Waals surface area contributed by atoms with E-state index in [9.17, 15) is 4.79 Å². The van der Waals surface area contributed by atoms with Gasteiger partial charge in [0.15, 0.2) is 0 Å². The van der Waals surface area contributed by atoms with E-state index in [1.54, 1.807) is 0 Å². The standard InChI is InChI=1S/C16H24N2OS/c1-11(2)16(4,5)10-18-15(19)14-9-12(3)13(20-14)7-6-8-17/h9,11H,8,10,17H2,1-5H3,(H,18,19). The lowest BCUT2D eigenvalue weighted by Gasteiger charge is -2.29. The Morgan fingerprint density at radius 3 is 2.70 bits per heavy atom. The molecule has 0 aromatic carbocycles. The Bertz CT molecular complexity index is 532. The van der Waals surface area contributed by atoms with E-state index in [0.717, 1.165) is 10.4 Å². The number of carbonyl (C=O) groups is 1. The van der Waals surface area contributed by atoms with Gasteiger partial charge < -0.3 is 11.1 Å². The summed E-state index contributed by atoms with van der Waals surface area (Å²) in [4.78, 5) is 13.8. The number of aryl methyl sites for hydroxylation is 1. The Morgan fingerprint density at radius 1 is 1.50 bits per heavy atom. The lowest BCUT2D eigenvalue weighted by molar-refractivity contribution is 0.0929. The molecule has 0 saturated carbocycles. The predicted molar refractivity (Wildman–Crippen MR) is 85.9 cm³/mol. The first-order valence-electron chi connectivity index (χ1n) is 6.85. The molecule has 0 fully saturated rings. The van der Waals surface area contributed by atoms with E-state index in [1.165, 1.54) is 11.3 Å². The highest BCUT2D eigenvalue weighted by Crippen LogP contribution is 2.25. The third-order valence-corrected chi connectivity index (χ3v) is 4.86. The molecule has 0 aliphatic heterocycles. The monoisotopic (exact) mass is 292 g/mol. The van der Waals surface area contributed by atoms with Gasteiger partial charge in [-0.15, -0.1) is 11.3 Å². The lowest BCUT2D eigenvalue weighted by atomic mass is 9.81. The van der Waals surface area contributed by atoms with Crippen LogP contribution in [0.2, 0.25) is 0 Å². The fourth-order valence-corrected chi connectivity index (χ4v) is 2.41. The molecule has 1 heterocycles. The van der Waals surface area contributed by atoms with E-state index in [2.05, 4.69) is 44.9 Å². The molecule has 1 rings (SSSR count). The number of nitrogens with one attached hydrogen (secondary N) is 1. The molecule has 0 unspecified atom stereocenters. The van der Waals surface area contributed by atoms with Crippen molar-refractivity contribution in [2.45, 2.75) is 34.6 Å². The highest BCUT2D eigenvalue weighted by molar-refractivity contribution is 7.14. The van der Waals surface area contributed by atoms with E-state index >= 15 is 0 Å². The number of hydrogen-bond acceptors (Lipinski definition) is 3. The van der Waals surface area contributed by atoms with Crippen LogP contribution in [0.25, 0.3) is 0 Å². The first-order chi connectivity index (χ1) is 9.27. The van der Waals surface area contributed by atoms with Gasteiger partial charge in [-0.05, 0) is 29.9 Å². The minimum absolute atomic E-state index is 0.0207. The summed E-state index contributed by atoms with van der Waals surface area (Å²) in [5.41, 5.74) is 6.49. The number of nitrogens with two attached hydrogens (primary N) is 1. The molecule has 3 nitrogen and oxygen atoms in total. The largest absolute Gasteiger partial charge is 0.351 e. The molecule has 0 spiro atoms. The summed E-state index contributed by atoms with van der Waals surface area (Å²) in [6, 6.07) is 1.89. The molecule has 1 aromatic rings. The van der Waals surface area contributed by atoms with Crippen LogP contribution in [0.5, 0.6) is 0 Å². The van der Waals surface area contributed by atoms with Gasteiger partial charge in [0.2, 0.25) is 0 Å². The van der Waals surface area contributed by atoms with E-state index in [1.807, 2.05) is 13.0 Å². The minimum Gasteiger partial charge on any atom is -0.351 e. The van der Waals surface area contributed by atoms with Crippen molar-refractivity contribution >= 4 is 17.2 Å². The molecule has 0 bridgehead atoms. The second-order valence-corrected chi connectivity index (χ2v) is 7.01. The van der Waals surface area contributed by atoms with Crippen LogP contribution < -0.4 is 11.1 Å². The fourth-order valence-electron chi connectivity index (χ4n) is 1.45. The molecular formula is C16H24N2OS. The van der Waals surface area contributed by atoms with Crippen LogP contribution in [0.1, 0.15) is 47.8 Å². The Labute approximate surface area is 126 Å². The summed E-state index contributed by atoms with van der Waals surface area (Å²) in [7, 11) is 0. The van der Waals surface area contributed by atoms with Gasteiger partial charge in [-0.25, -0.2) is 0 Å². The molecule has 3 N–H and O–H groups in total. The highest BCUT2D eigenvalue weighted by Gasteiger charge is 2.23. The molecule has 0 atom stereocenters. The molecular weight excluding hydrogens is 268 g/mol. The molecule has 1 aromatic heterocycles. The zero-order chi connectivity index (χ0) is 15.3. The van der Waals surface area contributed by atoms with Crippen LogP contribution in [0.3, 0.4) is 0 Å². The topological polar surface area (TPSA) is 55.1 Å². The first-order valence-corrected chi connectivity index (χ1v) is 7.67. The average Bonchev–Trinajstić information content (AvgIpc) is 2.75. The molecule has 1 amide bonds. The number of carbonyl (C=O) groups excluding carboxylic acids is 1. The maximum Gasteiger partial charge on any atom is 0.261 e. The van der Waals surface area contributed by atoms with E-state index in [-0.39, 0.29) is 11.3 Å².